The van der Waals surface area contributed by atoms with Crippen molar-refractivity contribution in [2.45, 2.75) is 39.5 Å². The molecule has 2 amide bonds. The van der Waals surface area contributed by atoms with Crippen molar-refractivity contribution >= 4 is 6.03 Å². The molecule has 1 aliphatic heterocycles. The van der Waals surface area contributed by atoms with Gasteiger partial charge in [-0.05, 0) is 30.0 Å². The monoisotopic (exact) mass is 348 g/mol. The maximum Gasteiger partial charge on any atom is 0.317 e. The summed E-state index contributed by atoms with van der Waals surface area (Å²) < 4.78 is 5.72. The number of urea groups is 1. The molecule has 1 aliphatic rings. The molecule has 1 atom stereocenters. The molecule has 140 valence electrons. The van der Waals surface area contributed by atoms with Gasteiger partial charge in [0.1, 0.15) is 5.75 Å². The third kappa shape index (κ3) is 5.63. The topological polar surface area (TPSA) is 61.8 Å². The first-order valence-corrected chi connectivity index (χ1v) is 9.19. The van der Waals surface area contributed by atoms with Crippen LogP contribution in [0.2, 0.25) is 0 Å². The SMILES string of the molecule is CC(C)COc1ccc(C(C)(C)CNC(=O)N2CCC(CO)C2)cc1. The lowest BCUT2D eigenvalue weighted by molar-refractivity contribution is 0.196. The Balaban J connectivity index is 1.87. The number of aliphatic hydroxyl groups is 1. The number of nitrogens with one attached hydrogen (secondary N) is 1. The molecular weight excluding hydrogens is 316 g/mol. The van der Waals surface area contributed by atoms with Crippen molar-refractivity contribution in [3.05, 3.63) is 29.8 Å². The molecule has 1 fully saturated rings. The van der Waals surface area contributed by atoms with E-state index in [-0.39, 0.29) is 24.0 Å². The average Bonchev–Trinajstić information content (AvgIpc) is 3.07. The van der Waals surface area contributed by atoms with Crippen molar-refractivity contribution in [2.75, 3.05) is 32.8 Å². The molecule has 1 unspecified atom stereocenters. The maximum atomic E-state index is 12.3. The van der Waals surface area contributed by atoms with Gasteiger partial charge in [-0.3, -0.25) is 0 Å². The van der Waals surface area contributed by atoms with E-state index in [1.54, 1.807) is 4.90 Å². The lowest BCUT2D eigenvalue weighted by Gasteiger charge is -2.27. The minimum absolute atomic E-state index is 0.0408. The van der Waals surface area contributed by atoms with Crippen LogP contribution in [-0.4, -0.2) is 48.9 Å². The molecule has 0 aliphatic carbocycles. The third-order valence-corrected chi connectivity index (χ3v) is 4.73. The van der Waals surface area contributed by atoms with Gasteiger partial charge in [0, 0.05) is 37.6 Å². The Hall–Kier alpha value is -1.75. The van der Waals surface area contributed by atoms with Crippen LogP contribution in [-0.2, 0) is 5.41 Å². The van der Waals surface area contributed by atoms with Crippen LogP contribution in [0, 0.1) is 11.8 Å². The van der Waals surface area contributed by atoms with Gasteiger partial charge in [-0.1, -0.05) is 39.8 Å². The highest BCUT2D eigenvalue weighted by Gasteiger charge is 2.27. The smallest absolute Gasteiger partial charge is 0.317 e. The summed E-state index contributed by atoms with van der Waals surface area (Å²) in [6, 6.07) is 8.08. The van der Waals surface area contributed by atoms with E-state index in [0.717, 1.165) is 18.7 Å². The molecule has 0 bridgehead atoms. The Morgan fingerprint density at radius 2 is 2.04 bits per heavy atom. The Morgan fingerprint density at radius 1 is 1.36 bits per heavy atom. The van der Waals surface area contributed by atoms with Crippen molar-refractivity contribution in [3.63, 3.8) is 0 Å². The first-order valence-electron chi connectivity index (χ1n) is 9.19. The Bertz CT molecular complexity index is 555. The highest BCUT2D eigenvalue weighted by Crippen LogP contribution is 2.25. The fraction of sp³-hybridized carbons (Fsp3) is 0.650. The molecule has 25 heavy (non-hydrogen) atoms. The molecule has 0 aromatic heterocycles. The minimum atomic E-state index is -0.164. The zero-order chi connectivity index (χ0) is 18.4. The van der Waals surface area contributed by atoms with Gasteiger partial charge in [-0.15, -0.1) is 0 Å². The summed E-state index contributed by atoms with van der Waals surface area (Å²) in [6.45, 7) is 11.3. The maximum absolute atomic E-state index is 12.3. The average molecular weight is 348 g/mol. The van der Waals surface area contributed by atoms with E-state index >= 15 is 0 Å². The Morgan fingerprint density at radius 3 is 2.60 bits per heavy atom. The van der Waals surface area contributed by atoms with Gasteiger partial charge in [-0.2, -0.15) is 0 Å². The summed E-state index contributed by atoms with van der Waals surface area (Å²) in [5.41, 5.74) is 1.00. The normalized spacial score (nSPS) is 17.8. The van der Waals surface area contributed by atoms with Gasteiger partial charge >= 0.3 is 6.03 Å². The first-order chi connectivity index (χ1) is 11.8. The summed E-state index contributed by atoms with van der Waals surface area (Å²) in [5.74, 6) is 1.60. The standard InChI is InChI=1S/C20H32N2O3/c1-15(2)13-25-18-7-5-17(6-8-18)20(3,4)14-21-19(24)22-10-9-16(11-22)12-23/h5-8,15-16,23H,9-14H2,1-4H3,(H,21,24). The molecule has 1 aromatic rings. The van der Waals surface area contributed by atoms with E-state index in [1.807, 2.05) is 12.1 Å². The van der Waals surface area contributed by atoms with Gasteiger partial charge in [0.2, 0.25) is 0 Å². The second-order valence-electron chi connectivity index (χ2n) is 8.06. The number of hydrogen-bond donors (Lipinski definition) is 2. The number of carbonyl (C=O) groups is 1. The third-order valence-electron chi connectivity index (χ3n) is 4.73. The molecule has 1 heterocycles. The quantitative estimate of drug-likeness (QED) is 0.796. The Labute approximate surface area is 151 Å². The zero-order valence-corrected chi connectivity index (χ0v) is 15.9. The fourth-order valence-corrected chi connectivity index (χ4v) is 2.94. The molecule has 2 rings (SSSR count). The van der Waals surface area contributed by atoms with Gasteiger partial charge in [0.05, 0.1) is 6.61 Å². The Kier molecular flexibility index (Phi) is 6.71. The van der Waals surface area contributed by atoms with Crippen LogP contribution in [0.3, 0.4) is 0 Å². The molecule has 2 N–H and O–H groups in total. The van der Waals surface area contributed by atoms with E-state index in [1.165, 1.54) is 5.56 Å². The number of rotatable bonds is 7. The van der Waals surface area contributed by atoms with Crippen molar-refractivity contribution in [1.82, 2.24) is 10.2 Å². The molecule has 1 saturated heterocycles. The second kappa shape index (κ2) is 8.56. The highest BCUT2D eigenvalue weighted by atomic mass is 16.5. The summed E-state index contributed by atoms with van der Waals surface area (Å²) in [5, 5.41) is 12.2. The van der Waals surface area contributed by atoms with Gasteiger partial charge in [0.15, 0.2) is 0 Å². The zero-order valence-electron chi connectivity index (χ0n) is 15.9. The lowest BCUT2D eigenvalue weighted by atomic mass is 9.84. The van der Waals surface area contributed by atoms with Crippen molar-refractivity contribution in [1.29, 1.82) is 0 Å². The van der Waals surface area contributed by atoms with E-state index in [0.29, 0.717) is 25.6 Å². The number of benzene rings is 1. The summed E-state index contributed by atoms with van der Waals surface area (Å²) in [4.78, 5) is 14.1. The van der Waals surface area contributed by atoms with Crippen LogP contribution in [0.4, 0.5) is 4.79 Å². The fourth-order valence-electron chi connectivity index (χ4n) is 2.94. The molecule has 5 heteroatoms. The van der Waals surface area contributed by atoms with Crippen LogP contribution in [0.1, 0.15) is 39.7 Å². The van der Waals surface area contributed by atoms with Gasteiger partial charge in [-0.25, -0.2) is 4.79 Å². The van der Waals surface area contributed by atoms with E-state index < -0.39 is 0 Å². The van der Waals surface area contributed by atoms with Crippen LogP contribution in [0.15, 0.2) is 24.3 Å². The van der Waals surface area contributed by atoms with Crippen LogP contribution in [0.5, 0.6) is 5.75 Å². The van der Waals surface area contributed by atoms with Crippen molar-refractivity contribution < 1.29 is 14.6 Å². The highest BCUT2D eigenvalue weighted by molar-refractivity contribution is 5.74. The molecule has 0 saturated carbocycles. The molecule has 5 nitrogen and oxygen atoms in total. The summed E-state index contributed by atoms with van der Waals surface area (Å²) in [6.07, 6.45) is 0.880. The predicted molar refractivity (Wildman–Crippen MR) is 100.0 cm³/mol. The number of amides is 2. The predicted octanol–water partition coefficient (Wildman–Crippen LogP) is 3.02. The summed E-state index contributed by atoms with van der Waals surface area (Å²) in [7, 11) is 0. The molecule has 1 aromatic carbocycles. The van der Waals surface area contributed by atoms with Crippen LogP contribution < -0.4 is 10.1 Å². The largest absolute Gasteiger partial charge is 0.493 e. The number of ether oxygens (including phenoxy) is 1. The van der Waals surface area contributed by atoms with E-state index in [9.17, 15) is 9.90 Å². The first kappa shape index (κ1) is 19.6. The second-order valence-corrected chi connectivity index (χ2v) is 8.06. The number of nitrogens with zero attached hydrogens (tertiary/aromatic N) is 1. The van der Waals surface area contributed by atoms with Crippen molar-refractivity contribution in [2.24, 2.45) is 11.8 Å². The van der Waals surface area contributed by atoms with Gasteiger partial charge < -0.3 is 20.1 Å². The summed E-state index contributed by atoms with van der Waals surface area (Å²) >= 11 is 0. The van der Waals surface area contributed by atoms with E-state index in [2.05, 4.69) is 45.1 Å². The minimum Gasteiger partial charge on any atom is -0.493 e. The molecule has 0 radical (unpaired) electrons. The van der Waals surface area contributed by atoms with Gasteiger partial charge in [0.25, 0.3) is 0 Å². The van der Waals surface area contributed by atoms with Crippen LogP contribution in [0.25, 0.3) is 0 Å². The van der Waals surface area contributed by atoms with Crippen LogP contribution >= 0.6 is 0 Å². The number of likely N-dealkylation sites (tertiary alicyclic amines) is 1. The molecule has 0 spiro atoms. The number of aliphatic hydroxyl groups excluding tert-OH is 1. The number of hydrogen-bond acceptors (Lipinski definition) is 3. The van der Waals surface area contributed by atoms with E-state index in [4.69, 9.17) is 4.74 Å². The molecular formula is C20H32N2O3. The number of carbonyl (C=O) groups excluding carboxylic acids is 1. The van der Waals surface area contributed by atoms with Crippen molar-refractivity contribution in [3.8, 4) is 5.75 Å². The lowest BCUT2D eigenvalue weighted by Crippen LogP contribution is -2.44.